The Labute approximate surface area is 63.7 Å². The fourth-order valence-corrected chi connectivity index (χ4v) is 2.52. The van der Waals surface area contributed by atoms with Crippen molar-refractivity contribution in [3.63, 3.8) is 0 Å². The SMILES string of the molecule is CO[C@@H]1O[C@H](CO)[C@H]2S[C@@H]12. The van der Waals surface area contributed by atoms with Gasteiger partial charge >= 0.3 is 0 Å². The molecule has 0 aliphatic carbocycles. The number of aliphatic hydroxyl groups excluding tert-OH is 1. The molecular formula is C6H10O3S. The van der Waals surface area contributed by atoms with Gasteiger partial charge in [-0.1, -0.05) is 0 Å². The number of methoxy groups -OCH3 is 1. The average molecular weight is 162 g/mol. The van der Waals surface area contributed by atoms with E-state index < -0.39 is 0 Å². The van der Waals surface area contributed by atoms with Crippen LogP contribution in [0.15, 0.2) is 0 Å². The zero-order valence-corrected chi connectivity index (χ0v) is 6.50. The molecule has 4 atom stereocenters. The molecular weight excluding hydrogens is 152 g/mol. The maximum absolute atomic E-state index is 8.78. The molecule has 0 aromatic carbocycles. The summed E-state index contributed by atoms with van der Waals surface area (Å²) in [4.78, 5) is 0. The maximum atomic E-state index is 8.78. The van der Waals surface area contributed by atoms with Crippen molar-refractivity contribution in [3.05, 3.63) is 0 Å². The van der Waals surface area contributed by atoms with Crippen molar-refractivity contribution < 1.29 is 14.6 Å². The second-order valence-electron chi connectivity index (χ2n) is 2.53. The van der Waals surface area contributed by atoms with Crippen LogP contribution in [0.4, 0.5) is 0 Å². The van der Waals surface area contributed by atoms with Gasteiger partial charge in [-0.2, -0.15) is 0 Å². The van der Waals surface area contributed by atoms with Gasteiger partial charge in [0, 0.05) is 7.11 Å². The van der Waals surface area contributed by atoms with Gasteiger partial charge in [-0.3, -0.25) is 0 Å². The van der Waals surface area contributed by atoms with Crippen LogP contribution in [0.25, 0.3) is 0 Å². The molecule has 0 spiro atoms. The third-order valence-corrected chi connectivity index (χ3v) is 3.34. The lowest BCUT2D eigenvalue weighted by Crippen LogP contribution is -2.21. The molecule has 2 aliphatic rings. The first-order chi connectivity index (χ1) is 4.86. The fraction of sp³-hybridized carbons (Fsp3) is 1.00. The van der Waals surface area contributed by atoms with Crippen molar-refractivity contribution in [2.75, 3.05) is 13.7 Å². The smallest absolute Gasteiger partial charge is 0.170 e. The lowest BCUT2D eigenvalue weighted by Gasteiger charge is -2.13. The minimum atomic E-state index is -0.0767. The van der Waals surface area contributed by atoms with Crippen molar-refractivity contribution in [2.45, 2.75) is 22.9 Å². The molecule has 0 bridgehead atoms. The van der Waals surface area contributed by atoms with Crippen LogP contribution in [0.5, 0.6) is 0 Å². The Morgan fingerprint density at radius 1 is 1.60 bits per heavy atom. The van der Waals surface area contributed by atoms with Crippen LogP contribution in [0.2, 0.25) is 0 Å². The second kappa shape index (κ2) is 2.37. The Kier molecular flexibility index (Phi) is 1.64. The molecule has 0 unspecified atom stereocenters. The van der Waals surface area contributed by atoms with Gasteiger partial charge in [-0.05, 0) is 0 Å². The van der Waals surface area contributed by atoms with Gasteiger partial charge in [-0.15, -0.1) is 11.8 Å². The van der Waals surface area contributed by atoms with Gasteiger partial charge in [-0.25, -0.2) is 0 Å². The predicted octanol–water partition coefficient (Wildman–Crippen LogP) is -0.166. The highest BCUT2D eigenvalue weighted by molar-refractivity contribution is 8.07. The standard InChI is InChI=1S/C6H10O3S/c1-8-6-5-4(10-5)3(2-7)9-6/h3-7H,2H2,1H3/t3-,4-,5-,6-/m1/s1. The lowest BCUT2D eigenvalue weighted by molar-refractivity contribution is -0.122. The summed E-state index contributed by atoms with van der Waals surface area (Å²) in [6.45, 7) is 0.119. The van der Waals surface area contributed by atoms with Crippen molar-refractivity contribution in [1.82, 2.24) is 0 Å². The van der Waals surface area contributed by atoms with Gasteiger partial charge in [0.05, 0.1) is 23.2 Å². The topological polar surface area (TPSA) is 38.7 Å². The molecule has 0 aromatic rings. The first-order valence-electron chi connectivity index (χ1n) is 3.31. The van der Waals surface area contributed by atoms with E-state index in [1.807, 2.05) is 11.8 Å². The number of ether oxygens (including phenoxy) is 2. The van der Waals surface area contributed by atoms with E-state index in [9.17, 15) is 0 Å². The maximum Gasteiger partial charge on any atom is 0.170 e. The van der Waals surface area contributed by atoms with Crippen molar-refractivity contribution in [2.24, 2.45) is 0 Å². The molecule has 2 fully saturated rings. The number of hydrogen-bond donors (Lipinski definition) is 1. The van der Waals surface area contributed by atoms with Crippen LogP contribution in [-0.2, 0) is 9.47 Å². The number of rotatable bonds is 2. The quantitative estimate of drug-likeness (QED) is 0.572. The highest BCUT2D eigenvalue weighted by atomic mass is 32.2. The molecule has 1 N–H and O–H groups in total. The first-order valence-corrected chi connectivity index (χ1v) is 4.25. The zero-order valence-electron chi connectivity index (χ0n) is 5.69. The summed E-state index contributed by atoms with van der Waals surface area (Å²) in [5.74, 6) is 0. The molecule has 0 aromatic heterocycles. The summed E-state index contributed by atoms with van der Waals surface area (Å²) in [6, 6.07) is 0. The van der Waals surface area contributed by atoms with Crippen molar-refractivity contribution >= 4 is 11.8 Å². The molecule has 2 saturated heterocycles. The summed E-state index contributed by atoms with van der Waals surface area (Å²) < 4.78 is 10.4. The summed E-state index contributed by atoms with van der Waals surface area (Å²) in [7, 11) is 1.64. The molecule has 4 heteroatoms. The number of hydrogen-bond acceptors (Lipinski definition) is 4. The van der Waals surface area contributed by atoms with E-state index in [1.54, 1.807) is 7.11 Å². The number of fused-ring (bicyclic) bond motifs is 1. The van der Waals surface area contributed by atoms with Crippen LogP contribution in [0.3, 0.4) is 0 Å². The van der Waals surface area contributed by atoms with Gasteiger partial charge < -0.3 is 14.6 Å². The third kappa shape index (κ3) is 0.871. The Morgan fingerprint density at radius 3 is 2.80 bits per heavy atom. The average Bonchev–Trinajstić information content (AvgIpc) is 2.67. The fourth-order valence-electron chi connectivity index (χ4n) is 1.32. The van der Waals surface area contributed by atoms with E-state index in [4.69, 9.17) is 14.6 Å². The van der Waals surface area contributed by atoms with E-state index >= 15 is 0 Å². The summed E-state index contributed by atoms with van der Waals surface area (Å²) >= 11 is 1.83. The van der Waals surface area contributed by atoms with E-state index in [2.05, 4.69) is 0 Å². The molecule has 3 nitrogen and oxygen atoms in total. The largest absolute Gasteiger partial charge is 0.394 e. The Morgan fingerprint density at radius 2 is 2.40 bits per heavy atom. The van der Waals surface area contributed by atoms with Crippen LogP contribution in [-0.4, -0.2) is 41.7 Å². The van der Waals surface area contributed by atoms with E-state index in [1.165, 1.54) is 0 Å². The minimum Gasteiger partial charge on any atom is -0.394 e. The molecule has 0 saturated carbocycles. The highest BCUT2D eigenvalue weighted by Crippen LogP contribution is 2.53. The van der Waals surface area contributed by atoms with E-state index in [0.29, 0.717) is 10.5 Å². The Bertz CT molecular complexity index is 127. The molecule has 2 heterocycles. The van der Waals surface area contributed by atoms with Crippen LogP contribution >= 0.6 is 11.8 Å². The minimum absolute atomic E-state index is 0.0138. The van der Waals surface area contributed by atoms with Crippen molar-refractivity contribution in [3.8, 4) is 0 Å². The normalized spacial score (nSPS) is 51.0. The third-order valence-electron chi connectivity index (χ3n) is 1.92. The van der Waals surface area contributed by atoms with Crippen LogP contribution < -0.4 is 0 Å². The molecule has 2 aliphatic heterocycles. The van der Waals surface area contributed by atoms with E-state index in [0.717, 1.165) is 0 Å². The summed E-state index contributed by atoms with van der Waals surface area (Å²) in [5, 5.41) is 9.77. The summed E-state index contributed by atoms with van der Waals surface area (Å²) in [5.41, 5.74) is 0. The first kappa shape index (κ1) is 6.91. The van der Waals surface area contributed by atoms with Gasteiger partial charge in [0.2, 0.25) is 0 Å². The Balaban J connectivity index is 1.95. The van der Waals surface area contributed by atoms with Gasteiger partial charge in [0.25, 0.3) is 0 Å². The van der Waals surface area contributed by atoms with Gasteiger partial charge in [0.1, 0.15) is 0 Å². The number of aliphatic hydroxyl groups is 1. The molecule has 0 amide bonds. The van der Waals surface area contributed by atoms with Crippen LogP contribution in [0.1, 0.15) is 0 Å². The molecule has 0 radical (unpaired) electrons. The summed E-state index contributed by atoms with van der Waals surface area (Å²) in [6.07, 6.45) is -0.0629. The van der Waals surface area contributed by atoms with E-state index in [-0.39, 0.29) is 19.0 Å². The molecule has 58 valence electrons. The number of thioether (sulfide) groups is 1. The predicted molar refractivity (Wildman–Crippen MR) is 37.9 cm³/mol. The zero-order chi connectivity index (χ0) is 7.14. The van der Waals surface area contributed by atoms with Crippen LogP contribution in [0, 0.1) is 0 Å². The monoisotopic (exact) mass is 162 g/mol. The molecule has 10 heavy (non-hydrogen) atoms. The molecule has 2 rings (SSSR count). The lowest BCUT2D eigenvalue weighted by atomic mass is 10.2. The second-order valence-corrected chi connectivity index (χ2v) is 3.89. The Hall–Kier alpha value is 0.230. The van der Waals surface area contributed by atoms with Gasteiger partial charge in [0.15, 0.2) is 6.29 Å². The highest BCUT2D eigenvalue weighted by Gasteiger charge is 2.57. The van der Waals surface area contributed by atoms with Crippen molar-refractivity contribution in [1.29, 1.82) is 0 Å².